The van der Waals surface area contributed by atoms with E-state index in [0.29, 0.717) is 0 Å². The van der Waals surface area contributed by atoms with Crippen molar-refractivity contribution in [3.63, 3.8) is 0 Å². The maximum atomic E-state index is 5.87. The van der Waals surface area contributed by atoms with Crippen molar-refractivity contribution >= 4 is 30.6 Å². The van der Waals surface area contributed by atoms with Crippen LogP contribution in [0.25, 0.3) is 0 Å². The number of unbranched alkanes of at least 4 members (excludes halogenated alkanes) is 1. The summed E-state index contributed by atoms with van der Waals surface area (Å²) >= 11 is 0. The molecular formula is C20H29Cl2N3O. The van der Waals surface area contributed by atoms with Crippen LogP contribution in [0.1, 0.15) is 18.4 Å². The lowest BCUT2D eigenvalue weighted by Crippen LogP contribution is -2.46. The van der Waals surface area contributed by atoms with Gasteiger partial charge in [-0.05, 0) is 50.1 Å². The van der Waals surface area contributed by atoms with Gasteiger partial charge in [-0.2, -0.15) is 0 Å². The number of rotatable bonds is 7. The number of para-hydroxylation sites is 1. The maximum absolute atomic E-state index is 5.87. The molecule has 0 saturated carbocycles. The summed E-state index contributed by atoms with van der Waals surface area (Å²) < 4.78 is 5.87. The Hall–Kier alpha value is -1.49. The summed E-state index contributed by atoms with van der Waals surface area (Å²) in [6, 6.07) is 14.3. The molecule has 3 rings (SSSR count). The van der Waals surface area contributed by atoms with E-state index in [2.05, 4.69) is 39.9 Å². The lowest BCUT2D eigenvalue weighted by Gasteiger charge is -2.35. The zero-order valence-electron chi connectivity index (χ0n) is 15.3. The van der Waals surface area contributed by atoms with Crippen LogP contribution in [0.4, 0.5) is 5.82 Å². The van der Waals surface area contributed by atoms with Crippen LogP contribution in [-0.4, -0.2) is 49.2 Å². The minimum absolute atomic E-state index is 0. The number of aromatic nitrogens is 1. The number of piperazine rings is 1. The van der Waals surface area contributed by atoms with Crippen LogP contribution in [0.5, 0.6) is 5.75 Å². The van der Waals surface area contributed by atoms with Gasteiger partial charge in [0.05, 0.1) is 6.61 Å². The number of anilines is 1. The first-order valence-electron chi connectivity index (χ1n) is 8.90. The van der Waals surface area contributed by atoms with Gasteiger partial charge in [-0.3, -0.25) is 4.90 Å². The second-order valence-corrected chi connectivity index (χ2v) is 6.34. The van der Waals surface area contributed by atoms with Gasteiger partial charge in [-0.25, -0.2) is 4.98 Å². The van der Waals surface area contributed by atoms with E-state index in [9.17, 15) is 0 Å². The second kappa shape index (κ2) is 12.0. The number of ether oxygens (including phenoxy) is 1. The standard InChI is InChI=1S/C20H27N3O.2ClH/c1-18-8-2-3-9-19(18)24-17-7-6-12-22-13-15-23(16-14-22)20-10-4-5-11-21-20;;/h2-5,8-11H,6-7,12-17H2,1H3;2*1H. The third-order valence-electron chi connectivity index (χ3n) is 4.57. The van der Waals surface area contributed by atoms with Gasteiger partial charge >= 0.3 is 0 Å². The minimum atomic E-state index is 0. The van der Waals surface area contributed by atoms with E-state index in [0.717, 1.165) is 57.3 Å². The largest absolute Gasteiger partial charge is 0.493 e. The van der Waals surface area contributed by atoms with Crippen LogP contribution in [0.3, 0.4) is 0 Å². The van der Waals surface area contributed by atoms with E-state index in [4.69, 9.17) is 4.74 Å². The van der Waals surface area contributed by atoms with Crippen molar-refractivity contribution in [2.75, 3.05) is 44.2 Å². The molecule has 0 bridgehead atoms. The van der Waals surface area contributed by atoms with Gasteiger partial charge in [-0.1, -0.05) is 24.3 Å². The fourth-order valence-electron chi connectivity index (χ4n) is 3.08. The molecule has 0 radical (unpaired) electrons. The highest BCUT2D eigenvalue weighted by molar-refractivity contribution is 5.85. The molecular weight excluding hydrogens is 369 g/mol. The highest BCUT2D eigenvalue weighted by Gasteiger charge is 2.17. The molecule has 0 atom stereocenters. The Morgan fingerprint density at radius 3 is 2.35 bits per heavy atom. The number of benzene rings is 1. The maximum Gasteiger partial charge on any atom is 0.128 e. The first-order valence-corrected chi connectivity index (χ1v) is 8.90. The molecule has 0 aliphatic carbocycles. The molecule has 1 aromatic carbocycles. The molecule has 6 heteroatoms. The first-order chi connectivity index (χ1) is 11.8. The van der Waals surface area contributed by atoms with E-state index in [1.807, 2.05) is 30.5 Å². The molecule has 0 spiro atoms. The predicted octanol–water partition coefficient (Wildman–Crippen LogP) is 4.21. The minimum Gasteiger partial charge on any atom is -0.493 e. The summed E-state index contributed by atoms with van der Waals surface area (Å²) in [7, 11) is 0. The number of pyridine rings is 1. The highest BCUT2D eigenvalue weighted by atomic mass is 35.5. The van der Waals surface area contributed by atoms with E-state index in [1.165, 1.54) is 12.0 Å². The summed E-state index contributed by atoms with van der Waals surface area (Å²) in [5, 5.41) is 0. The van der Waals surface area contributed by atoms with Crippen LogP contribution in [0.2, 0.25) is 0 Å². The number of nitrogens with zero attached hydrogens (tertiary/aromatic N) is 3. The Labute approximate surface area is 169 Å². The summed E-state index contributed by atoms with van der Waals surface area (Å²) in [5.74, 6) is 2.12. The quantitative estimate of drug-likeness (QED) is 0.654. The van der Waals surface area contributed by atoms with Gasteiger partial charge in [0.25, 0.3) is 0 Å². The van der Waals surface area contributed by atoms with E-state index < -0.39 is 0 Å². The molecule has 0 unspecified atom stereocenters. The molecule has 0 amide bonds. The Morgan fingerprint density at radius 1 is 0.923 bits per heavy atom. The average Bonchev–Trinajstić information content (AvgIpc) is 2.64. The van der Waals surface area contributed by atoms with Gasteiger partial charge in [0.2, 0.25) is 0 Å². The molecule has 1 aliphatic heterocycles. The molecule has 2 heterocycles. The molecule has 144 valence electrons. The third kappa shape index (κ3) is 6.67. The molecule has 26 heavy (non-hydrogen) atoms. The van der Waals surface area contributed by atoms with Gasteiger partial charge in [-0.15, -0.1) is 24.8 Å². The van der Waals surface area contributed by atoms with Crippen molar-refractivity contribution in [1.82, 2.24) is 9.88 Å². The molecule has 4 nitrogen and oxygen atoms in total. The van der Waals surface area contributed by atoms with Crippen LogP contribution >= 0.6 is 24.8 Å². The summed E-state index contributed by atoms with van der Waals surface area (Å²) in [4.78, 5) is 9.36. The Balaban J connectivity index is 0.00000169. The molecule has 0 N–H and O–H groups in total. The van der Waals surface area contributed by atoms with Crippen molar-refractivity contribution in [1.29, 1.82) is 0 Å². The average molecular weight is 398 g/mol. The second-order valence-electron chi connectivity index (χ2n) is 6.34. The van der Waals surface area contributed by atoms with Gasteiger partial charge in [0, 0.05) is 32.4 Å². The van der Waals surface area contributed by atoms with Crippen molar-refractivity contribution in [3.05, 3.63) is 54.2 Å². The first kappa shape index (κ1) is 22.6. The smallest absolute Gasteiger partial charge is 0.128 e. The molecule has 1 aromatic heterocycles. The fraction of sp³-hybridized carbons (Fsp3) is 0.450. The lowest BCUT2D eigenvalue weighted by molar-refractivity contribution is 0.238. The third-order valence-corrected chi connectivity index (χ3v) is 4.57. The zero-order chi connectivity index (χ0) is 16.6. The zero-order valence-corrected chi connectivity index (χ0v) is 17.0. The van der Waals surface area contributed by atoms with Crippen LogP contribution < -0.4 is 9.64 Å². The van der Waals surface area contributed by atoms with Crippen molar-refractivity contribution < 1.29 is 4.74 Å². The van der Waals surface area contributed by atoms with Crippen molar-refractivity contribution in [2.24, 2.45) is 0 Å². The monoisotopic (exact) mass is 397 g/mol. The molecule has 1 saturated heterocycles. The Morgan fingerprint density at radius 2 is 1.65 bits per heavy atom. The number of halogens is 2. The summed E-state index contributed by atoms with van der Waals surface area (Å²) in [6.45, 7) is 8.43. The molecule has 1 fully saturated rings. The fourth-order valence-corrected chi connectivity index (χ4v) is 3.08. The topological polar surface area (TPSA) is 28.6 Å². The van der Waals surface area contributed by atoms with Crippen LogP contribution in [0.15, 0.2) is 48.7 Å². The van der Waals surface area contributed by atoms with Crippen LogP contribution in [0, 0.1) is 6.92 Å². The molecule has 1 aliphatic rings. The predicted molar refractivity (Wildman–Crippen MR) is 113 cm³/mol. The van der Waals surface area contributed by atoms with Crippen molar-refractivity contribution in [3.8, 4) is 5.75 Å². The van der Waals surface area contributed by atoms with E-state index in [1.54, 1.807) is 0 Å². The SMILES string of the molecule is Cc1ccccc1OCCCCN1CCN(c2ccccn2)CC1.Cl.Cl. The Bertz CT molecular complexity index is 619. The van der Waals surface area contributed by atoms with E-state index >= 15 is 0 Å². The number of hydrogen-bond donors (Lipinski definition) is 0. The Kier molecular flexibility index (Phi) is 10.4. The van der Waals surface area contributed by atoms with Crippen LogP contribution in [-0.2, 0) is 0 Å². The summed E-state index contributed by atoms with van der Waals surface area (Å²) in [5.41, 5.74) is 1.21. The number of hydrogen-bond acceptors (Lipinski definition) is 4. The van der Waals surface area contributed by atoms with Crippen molar-refractivity contribution in [2.45, 2.75) is 19.8 Å². The van der Waals surface area contributed by atoms with E-state index in [-0.39, 0.29) is 24.8 Å². The normalized spacial score (nSPS) is 14.3. The van der Waals surface area contributed by atoms with Gasteiger partial charge in [0.15, 0.2) is 0 Å². The summed E-state index contributed by atoms with van der Waals surface area (Å²) in [6.07, 6.45) is 4.17. The van der Waals surface area contributed by atoms with Gasteiger partial charge in [0.1, 0.15) is 11.6 Å². The highest BCUT2D eigenvalue weighted by Crippen LogP contribution is 2.17. The van der Waals surface area contributed by atoms with Gasteiger partial charge < -0.3 is 9.64 Å². The molecule has 2 aromatic rings. The number of aryl methyl sites for hydroxylation is 1. The lowest BCUT2D eigenvalue weighted by atomic mass is 10.2.